The highest BCUT2D eigenvalue weighted by atomic mass is 35.5. The number of carbonyl (C=O) groups excluding carboxylic acids is 1. The van der Waals surface area contributed by atoms with Gasteiger partial charge in [0.2, 0.25) is 11.9 Å². The van der Waals surface area contributed by atoms with E-state index in [1.165, 1.54) is 11.0 Å². The molecule has 9 nitrogen and oxygen atoms in total. The standard InChI is InChI=1S/C26H25ClFN7O2/c1-15-13-30-26(32-21-6-8-31-34(21)2)33-23(15)17-9-18-10-19(14-37-3)35(24(18)20(28)11-17)22(36)12-16-5-4-7-29-25(16)27/h4-9,11,13,19H,10,12,14H2,1-3H3,(H,30,32,33). The summed E-state index contributed by atoms with van der Waals surface area (Å²) in [5, 5.41) is 7.52. The van der Waals surface area contributed by atoms with Gasteiger partial charge in [-0.1, -0.05) is 17.7 Å². The molecule has 3 aromatic heterocycles. The van der Waals surface area contributed by atoms with Crippen LogP contribution in [-0.2, 0) is 29.4 Å². The van der Waals surface area contributed by atoms with Gasteiger partial charge in [-0.2, -0.15) is 5.10 Å². The lowest BCUT2D eigenvalue weighted by Gasteiger charge is -2.25. The number of nitrogens with one attached hydrogen (secondary N) is 1. The second-order valence-electron chi connectivity index (χ2n) is 8.86. The van der Waals surface area contributed by atoms with Gasteiger partial charge in [0, 0.05) is 38.2 Å². The van der Waals surface area contributed by atoms with E-state index in [2.05, 4.69) is 25.4 Å². The minimum atomic E-state index is -0.504. The Labute approximate surface area is 218 Å². The lowest BCUT2D eigenvalue weighted by atomic mass is 10.0. The summed E-state index contributed by atoms with van der Waals surface area (Å²) in [6, 6.07) is 8.21. The van der Waals surface area contributed by atoms with Gasteiger partial charge in [-0.3, -0.25) is 9.48 Å². The first-order valence-corrected chi connectivity index (χ1v) is 12.1. The zero-order valence-corrected chi connectivity index (χ0v) is 21.3. The number of hydrogen-bond donors (Lipinski definition) is 1. The number of anilines is 3. The molecule has 190 valence electrons. The number of aromatic nitrogens is 5. The molecule has 0 aliphatic carbocycles. The lowest BCUT2D eigenvalue weighted by molar-refractivity contribution is -0.118. The van der Waals surface area contributed by atoms with Crippen LogP contribution in [0.3, 0.4) is 0 Å². The number of nitrogens with zero attached hydrogens (tertiary/aromatic N) is 6. The topological polar surface area (TPSA) is 98.1 Å². The van der Waals surface area contributed by atoms with Gasteiger partial charge in [0.15, 0.2) is 0 Å². The molecule has 1 N–H and O–H groups in total. The quantitative estimate of drug-likeness (QED) is 0.363. The fourth-order valence-corrected chi connectivity index (χ4v) is 4.79. The van der Waals surface area contributed by atoms with E-state index in [-0.39, 0.29) is 35.8 Å². The summed E-state index contributed by atoms with van der Waals surface area (Å²) >= 11 is 6.17. The zero-order valence-electron chi connectivity index (χ0n) is 20.6. The van der Waals surface area contributed by atoms with Crippen LogP contribution in [0.15, 0.2) is 48.9 Å². The zero-order chi connectivity index (χ0) is 26.1. The van der Waals surface area contributed by atoms with Crippen molar-refractivity contribution in [3.63, 3.8) is 0 Å². The SMILES string of the molecule is COCC1Cc2cc(-c3nc(Nc4ccnn4C)ncc3C)cc(F)c2N1C(=O)Cc1cccnc1Cl. The van der Waals surface area contributed by atoms with Crippen LogP contribution in [0.5, 0.6) is 0 Å². The van der Waals surface area contributed by atoms with Crippen LogP contribution < -0.4 is 10.2 Å². The molecule has 4 aromatic rings. The molecule has 0 saturated carbocycles. The average molecular weight is 522 g/mol. The third-order valence-corrected chi connectivity index (χ3v) is 6.66. The van der Waals surface area contributed by atoms with Crippen LogP contribution in [-0.4, -0.2) is 50.4 Å². The maximum atomic E-state index is 15.7. The molecule has 37 heavy (non-hydrogen) atoms. The minimum Gasteiger partial charge on any atom is -0.383 e. The highest BCUT2D eigenvalue weighted by molar-refractivity contribution is 6.30. The molecular formula is C26H25ClFN7O2. The Morgan fingerprint density at radius 1 is 1.27 bits per heavy atom. The maximum Gasteiger partial charge on any atom is 0.231 e. The van der Waals surface area contributed by atoms with Crippen molar-refractivity contribution in [1.29, 1.82) is 0 Å². The van der Waals surface area contributed by atoms with Crippen LogP contribution in [0.2, 0.25) is 5.15 Å². The number of methoxy groups -OCH3 is 1. The van der Waals surface area contributed by atoms with Crippen LogP contribution in [0.25, 0.3) is 11.3 Å². The van der Waals surface area contributed by atoms with E-state index in [0.717, 1.165) is 11.4 Å². The number of hydrogen-bond acceptors (Lipinski definition) is 7. The molecule has 1 atom stereocenters. The molecule has 5 rings (SSSR count). The molecule has 1 aliphatic rings. The number of fused-ring (bicyclic) bond motifs is 1. The van der Waals surface area contributed by atoms with E-state index in [1.807, 2.05) is 13.0 Å². The summed E-state index contributed by atoms with van der Waals surface area (Å²) in [5.74, 6) is 0.312. The maximum absolute atomic E-state index is 15.7. The Balaban J connectivity index is 1.49. The summed E-state index contributed by atoms with van der Waals surface area (Å²) < 4.78 is 22.8. The van der Waals surface area contributed by atoms with Gasteiger partial charge >= 0.3 is 0 Å². The Hall–Kier alpha value is -3.89. The van der Waals surface area contributed by atoms with Crippen molar-refractivity contribution < 1.29 is 13.9 Å². The van der Waals surface area contributed by atoms with Crippen molar-refractivity contribution in [2.45, 2.75) is 25.8 Å². The predicted octanol–water partition coefficient (Wildman–Crippen LogP) is 4.26. The first kappa shape index (κ1) is 24.8. The molecule has 0 fully saturated rings. The normalized spacial score (nSPS) is 14.6. The monoisotopic (exact) mass is 521 g/mol. The number of rotatable bonds is 7. The summed E-state index contributed by atoms with van der Waals surface area (Å²) in [5.41, 5.74) is 3.54. The lowest BCUT2D eigenvalue weighted by Crippen LogP contribution is -2.41. The molecule has 1 unspecified atom stereocenters. The van der Waals surface area contributed by atoms with E-state index in [1.54, 1.807) is 55.6 Å². The Morgan fingerprint density at radius 3 is 2.84 bits per heavy atom. The van der Waals surface area contributed by atoms with Gasteiger partial charge in [-0.05, 0) is 48.2 Å². The van der Waals surface area contributed by atoms with Crippen molar-refractivity contribution in [1.82, 2.24) is 24.7 Å². The number of aryl methyl sites for hydroxylation is 2. The second-order valence-corrected chi connectivity index (χ2v) is 9.22. The second kappa shape index (κ2) is 10.2. The van der Waals surface area contributed by atoms with Crippen LogP contribution in [0.4, 0.5) is 21.8 Å². The van der Waals surface area contributed by atoms with Crippen LogP contribution in [0, 0.1) is 12.7 Å². The number of amides is 1. The highest BCUT2D eigenvalue weighted by Crippen LogP contribution is 2.39. The smallest absolute Gasteiger partial charge is 0.231 e. The van der Waals surface area contributed by atoms with Gasteiger partial charge in [0.25, 0.3) is 0 Å². The Morgan fingerprint density at radius 2 is 2.11 bits per heavy atom. The van der Waals surface area contributed by atoms with Crippen molar-refractivity contribution in [2.75, 3.05) is 23.9 Å². The summed E-state index contributed by atoms with van der Waals surface area (Å²) in [6.07, 6.45) is 5.36. The third kappa shape index (κ3) is 4.90. The number of halogens is 2. The molecule has 0 radical (unpaired) electrons. The number of carbonyl (C=O) groups is 1. The number of ether oxygens (including phenoxy) is 1. The fourth-order valence-electron chi connectivity index (χ4n) is 4.60. The first-order chi connectivity index (χ1) is 17.9. The third-order valence-electron chi connectivity index (χ3n) is 6.32. The molecule has 0 spiro atoms. The van der Waals surface area contributed by atoms with Gasteiger partial charge in [0.1, 0.15) is 16.8 Å². The molecule has 0 bridgehead atoms. The molecular weight excluding hydrogens is 497 g/mol. The van der Waals surface area contributed by atoms with Gasteiger partial charge in [-0.25, -0.2) is 19.3 Å². The first-order valence-electron chi connectivity index (χ1n) is 11.7. The molecule has 1 aliphatic heterocycles. The minimum absolute atomic E-state index is 0.00157. The fraction of sp³-hybridized carbons (Fsp3) is 0.269. The van der Waals surface area contributed by atoms with E-state index in [0.29, 0.717) is 34.8 Å². The molecule has 0 saturated heterocycles. The van der Waals surface area contributed by atoms with Crippen molar-refractivity contribution in [2.24, 2.45) is 7.05 Å². The van der Waals surface area contributed by atoms with Gasteiger partial charge < -0.3 is 15.0 Å². The van der Waals surface area contributed by atoms with Crippen molar-refractivity contribution in [3.05, 3.63) is 76.6 Å². The largest absolute Gasteiger partial charge is 0.383 e. The number of pyridine rings is 1. The van der Waals surface area contributed by atoms with E-state index in [4.69, 9.17) is 16.3 Å². The number of benzene rings is 1. The molecule has 4 heterocycles. The van der Waals surface area contributed by atoms with Crippen LogP contribution >= 0.6 is 11.6 Å². The Bertz CT molecular complexity index is 1480. The summed E-state index contributed by atoms with van der Waals surface area (Å²) in [7, 11) is 3.37. The summed E-state index contributed by atoms with van der Waals surface area (Å²) in [6.45, 7) is 2.14. The average Bonchev–Trinajstić information content (AvgIpc) is 3.45. The predicted molar refractivity (Wildman–Crippen MR) is 138 cm³/mol. The van der Waals surface area contributed by atoms with Gasteiger partial charge in [0.05, 0.1) is 36.6 Å². The van der Waals surface area contributed by atoms with Crippen molar-refractivity contribution in [3.8, 4) is 11.3 Å². The summed E-state index contributed by atoms with van der Waals surface area (Å²) in [4.78, 5) is 27.9. The Kier molecular flexibility index (Phi) is 6.86. The molecule has 11 heteroatoms. The van der Waals surface area contributed by atoms with Gasteiger partial charge in [-0.15, -0.1) is 0 Å². The van der Waals surface area contributed by atoms with Crippen molar-refractivity contribution >= 4 is 35.0 Å². The van der Waals surface area contributed by atoms with E-state index >= 15 is 4.39 Å². The van der Waals surface area contributed by atoms with E-state index in [9.17, 15) is 4.79 Å². The van der Waals surface area contributed by atoms with E-state index < -0.39 is 5.82 Å². The molecule has 1 amide bonds. The van der Waals surface area contributed by atoms with Crippen LogP contribution in [0.1, 0.15) is 16.7 Å². The molecule has 1 aromatic carbocycles. The highest BCUT2D eigenvalue weighted by Gasteiger charge is 2.37.